The van der Waals surface area contributed by atoms with Crippen molar-refractivity contribution in [3.8, 4) is 40.2 Å². The molecule has 1 aliphatic carbocycles. The van der Waals surface area contributed by atoms with E-state index in [1.165, 1.54) is 18.6 Å². The van der Waals surface area contributed by atoms with E-state index >= 15 is 0 Å². The molecule has 0 spiro atoms. The maximum absolute atomic E-state index is 7.01. The molecule has 0 N–H and O–H groups in total. The van der Waals surface area contributed by atoms with Gasteiger partial charge >= 0.3 is 0 Å². The molecule has 9 heteroatoms. The lowest BCUT2D eigenvalue weighted by molar-refractivity contribution is -0.504. The highest BCUT2D eigenvalue weighted by Crippen LogP contribution is 2.53. The van der Waals surface area contributed by atoms with E-state index in [0.717, 1.165) is 80.1 Å². The summed E-state index contributed by atoms with van der Waals surface area (Å²) in [7, 11) is 11.6. The zero-order valence-corrected chi connectivity index (χ0v) is 34.0. The fourth-order valence-electron chi connectivity index (χ4n) is 8.36. The molecule has 6 aromatic rings. The maximum Gasteiger partial charge on any atom is 0.204 e. The largest absolute Gasteiger partial charge is 0.497 e. The second kappa shape index (κ2) is 16.5. The van der Waals surface area contributed by atoms with Gasteiger partial charge in [-0.2, -0.15) is 0 Å². The zero-order valence-electron chi connectivity index (χ0n) is 34.0. The average molecular weight is 779 g/mol. The van der Waals surface area contributed by atoms with Crippen molar-refractivity contribution in [3.05, 3.63) is 143 Å². The molecule has 0 amide bonds. The predicted octanol–water partition coefficient (Wildman–Crippen LogP) is 10.0. The standard InChI is InChI=1S/C49H48NO8/c1-51-35-20-12-31(13-21-35)42(30-10-18-34(19-11-30)50-26-8-9-27-50)38-28-40(54-4)46(56-6)48-44(38)45-39(29-41(55-5)47(57-7)49(45)58-48)43(32-14-22-36(52-2)23-15-32)33-16-24-37(53-3)25-17-33/h10-25,28-29,43H,8-9,26-27H2,1-7H3/q+1. The number of rotatable bonds is 12. The van der Waals surface area contributed by atoms with E-state index in [-0.39, 0.29) is 5.92 Å². The van der Waals surface area contributed by atoms with Crippen LogP contribution in [0.2, 0.25) is 0 Å². The van der Waals surface area contributed by atoms with Gasteiger partial charge in [-0.05, 0) is 99.6 Å². The van der Waals surface area contributed by atoms with Crippen LogP contribution < -0.4 is 33.2 Å². The average Bonchev–Trinajstić information content (AvgIpc) is 3.97. The Bertz CT molecular complexity index is 2520. The second-order valence-corrected chi connectivity index (χ2v) is 14.2. The molecule has 1 aliphatic heterocycles. The molecule has 1 saturated heterocycles. The molecule has 1 aromatic heterocycles. The van der Waals surface area contributed by atoms with Crippen LogP contribution in [-0.4, -0.2) is 73.1 Å². The molecule has 5 aromatic carbocycles. The Balaban J connectivity index is 1.53. The van der Waals surface area contributed by atoms with Crippen molar-refractivity contribution >= 4 is 33.2 Å². The highest BCUT2D eigenvalue weighted by Gasteiger charge is 2.32. The molecule has 1 fully saturated rings. The molecule has 0 atom stereocenters. The minimum Gasteiger partial charge on any atom is -0.497 e. The van der Waals surface area contributed by atoms with Crippen LogP contribution in [0.25, 0.3) is 27.5 Å². The molecule has 0 unspecified atom stereocenters. The molecule has 296 valence electrons. The summed E-state index contributed by atoms with van der Waals surface area (Å²) in [5.41, 5.74) is 9.14. The van der Waals surface area contributed by atoms with E-state index in [2.05, 4.69) is 77.4 Å². The van der Waals surface area contributed by atoms with Gasteiger partial charge in [-0.15, -0.1) is 0 Å². The van der Waals surface area contributed by atoms with Crippen molar-refractivity contribution in [2.24, 2.45) is 0 Å². The summed E-state index contributed by atoms with van der Waals surface area (Å²) in [5.74, 6) is 3.97. The molecule has 58 heavy (non-hydrogen) atoms. The second-order valence-electron chi connectivity index (χ2n) is 14.2. The van der Waals surface area contributed by atoms with E-state index in [1.807, 2.05) is 36.4 Å². The van der Waals surface area contributed by atoms with E-state index in [4.69, 9.17) is 37.6 Å². The number of ether oxygens (including phenoxy) is 7. The zero-order chi connectivity index (χ0) is 40.3. The Morgan fingerprint density at radius 2 is 1.02 bits per heavy atom. The summed E-state index contributed by atoms with van der Waals surface area (Å²) in [5, 5.41) is 1.69. The first kappa shape index (κ1) is 38.3. The number of nitrogens with zero attached hydrogens (tertiary/aromatic N) is 1. The summed E-state index contributed by atoms with van der Waals surface area (Å²) in [6, 6.07) is 28.6. The summed E-state index contributed by atoms with van der Waals surface area (Å²) in [6.07, 6.45) is 11.3. The number of benzene rings is 5. The molecule has 0 radical (unpaired) electrons. The van der Waals surface area contributed by atoms with Crippen LogP contribution in [0.1, 0.15) is 46.6 Å². The van der Waals surface area contributed by atoms with Crippen LogP contribution in [0.5, 0.6) is 40.2 Å². The topological polar surface area (TPSA) is 80.8 Å². The van der Waals surface area contributed by atoms with Gasteiger partial charge in [-0.25, -0.2) is 4.58 Å². The fourth-order valence-corrected chi connectivity index (χ4v) is 8.36. The Kier molecular flexibility index (Phi) is 10.9. The van der Waals surface area contributed by atoms with Gasteiger partial charge in [0.25, 0.3) is 0 Å². The first-order valence-electron chi connectivity index (χ1n) is 19.4. The molecule has 0 saturated carbocycles. The third-order valence-corrected chi connectivity index (χ3v) is 11.2. The lowest BCUT2D eigenvalue weighted by atomic mass is 9.81. The number of fused-ring (bicyclic) bond motifs is 3. The van der Waals surface area contributed by atoms with Gasteiger partial charge in [-0.1, -0.05) is 36.4 Å². The summed E-state index contributed by atoms with van der Waals surface area (Å²) < 4.78 is 50.6. The lowest BCUT2D eigenvalue weighted by Gasteiger charge is -2.23. The van der Waals surface area contributed by atoms with Crippen LogP contribution in [0.3, 0.4) is 0 Å². The van der Waals surface area contributed by atoms with Crippen LogP contribution in [0.15, 0.2) is 119 Å². The molecule has 2 heterocycles. The predicted molar refractivity (Wildman–Crippen MR) is 228 cm³/mol. The highest BCUT2D eigenvalue weighted by molar-refractivity contribution is 6.18. The molecule has 2 aliphatic rings. The smallest absolute Gasteiger partial charge is 0.204 e. The van der Waals surface area contributed by atoms with Crippen molar-refractivity contribution in [1.29, 1.82) is 0 Å². The molecule has 9 nitrogen and oxygen atoms in total. The van der Waals surface area contributed by atoms with E-state index in [9.17, 15) is 0 Å². The number of hydrogen-bond donors (Lipinski definition) is 0. The maximum atomic E-state index is 7.01. The van der Waals surface area contributed by atoms with E-state index < -0.39 is 0 Å². The van der Waals surface area contributed by atoms with Crippen LogP contribution in [-0.2, 0) is 0 Å². The van der Waals surface area contributed by atoms with Gasteiger partial charge in [-0.3, -0.25) is 0 Å². The van der Waals surface area contributed by atoms with Gasteiger partial charge in [0, 0.05) is 41.7 Å². The first-order chi connectivity index (χ1) is 28.4. The van der Waals surface area contributed by atoms with Crippen molar-refractivity contribution in [2.75, 3.05) is 62.9 Å². The van der Waals surface area contributed by atoms with Crippen LogP contribution in [0, 0.1) is 0 Å². The summed E-state index contributed by atoms with van der Waals surface area (Å²) in [6.45, 7) is 2.12. The van der Waals surface area contributed by atoms with Gasteiger partial charge < -0.3 is 37.6 Å². The van der Waals surface area contributed by atoms with E-state index in [1.54, 1.807) is 49.8 Å². The van der Waals surface area contributed by atoms with Gasteiger partial charge in [0.05, 0.1) is 49.8 Å². The Labute approximate surface area is 339 Å². The molecular weight excluding hydrogens is 731 g/mol. The Morgan fingerprint density at radius 1 is 0.534 bits per heavy atom. The van der Waals surface area contributed by atoms with Crippen LogP contribution in [0.4, 0.5) is 0 Å². The highest BCUT2D eigenvalue weighted by atomic mass is 16.5. The van der Waals surface area contributed by atoms with Crippen molar-refractivity contribution in [1.82, 2.24) is 0 Å². The number of hydrogen-bond acceptors (Lipinski definition) is 8. The molecular formula is C49H48NO8+. The van der Waals surface area contributed by atoms with Gasteiger partial charge in [0.1, 0.15) is 30.3 Å². The summed E-state index contributed by atoms with van der Waals surface area (Å²) in [4.78, 5) is 0. The quantitative estimate of drug-likeness (QED) is 0.0898. The van der Waals surface area contributed by atoms with E-state index in [0.29, 0.717) is 34.2 Å². The monoisotopic (exact) mass is 778 g/mol. The van der Waals surface area contributed by atoms with Gasteiger partial charge in [0.15, 0.2) is 28.4 Å². The lowest BCUT2D eigenvalue weighted by Crippen LogP contribution is -2.15. The van der Waals surface area contributed by atoms with Crippen molar-refractivity contribution < 1.29 is 42.2 Å². The summed E-state index contributed by atoms with van der Waals surface area (Å²) >= 11 is 0. The van der Waals surface area contributed by atoms with Crippen molar-refractivity contribution in [3.63, 3.8) is 0 Å². The molecule has 8 rings (SSSR count). The Hall–Kier alpha value is -6.61. The SMILES string of the molecule is COc1ccc(C(=C2C=CC(=[N+]3CCCC3)C=C2)c2cc(OC)c(OC)c3oc4c(OC)c(OC)cc(C(c5ccc(OC)cc5)c5ccc(OC)cc5)c4c23)cc1. The minimum absolute atomic E-state index is 0.301. The fraction of sp³-hybridized carbons (Fsp3) is 0.245. The minimum atomic E-state index is -0.301. The Morgan fingerprint density at radius 3 is 1.50 bits per heavy atom. The van der Waals surface area contributed by atoms with Gasteiger partial charge in [0.2, 0.25) is 11.5 Å². The van der Waals surface area contributed by atoms with Crippen LogP contribution >= 0.6 is 0 Å². The normalized spacial score (nSPS) is 13.8. The first-order valence-corrected chi connectivity index (χ1v) is 19.4. The number of methoxy groups -OCH3 is 7. The number of furan rings is 1. The number of allylic oxidation sites excluding steroid dienone is 5. The van der Waals surface area contributed by atoms with Crippen molar-refractivity contribution in [2.45, 2.75) is 18.8 Å². The third-order valence-electron chi connectivity index (χ3n) is 11.2. The third kappa shape index (κ3) is 6.80. The molecule has 0 bridgehead atoms.